The molecule has 208 valence electrons. The molecule has 11 heteroatoms. The second-order valence-corrected chi connectivity index (χ2v) is 13.4. The number of benzene rings is 2. The van der Waals surface area contributed by atoms with E-state index < -0.39 is 0 Å². The number of piperidine rings is 1. The lowest BCUT2D eigenvalue weighted by Gasteiger charge is -2.38. The highest BCUT2D eigenvalue weighted by atomic mass is 79.9. The third-order valence-electron chi connectivity index (χ3n) is 8.20. The summed E-state index contributed by atoms with van der Waals surface area (Å²) < 4.78 is 19.1. The van der Waals surface area contributed by atoms with Gasteiger partial charge in [0.15, 0.2) is 5.13 Å². The van der Waals surface area contributed by atoms with Gasteiger partial charge in [0.1, 0.15) is 11.5 Å². The first-order valence-corrected chi connectivity index (χ1v) is 15.8. The summed E-state index contributed by atoms with van der Waals surface area (Å²) in [6.07, 6.45) is 6.38. The molecule has 4 aromatic rings. The topological polar surface area (TPSA) is 77.7 Å². The van der Waals surface area contributed by atoms with E-state index in [-0.39, 0.29) is 12.1 Å². The molecular weight excluding hydrogens is 637 g/mol. The van der Waals surface area contributed by atoms with Gasteiger partial charge >= 0.3 is 5.97 Å². The van der Waals surface area contributed by atoms with Crippen LogP contribution in [0.2, 0.25) is 10.0 Å². The van der Waals surface area contributed by atoms with Gasteiger partial charge in [0.25, 0.3) is 0 Å². The molecule has 3 atom stereocenters. The van der Waals surface area contributed by atoms with Crippen LogP contribution in [-0.2, 0) is 16.1 Å². The number of nitrogens with zero attached hydrogens (tertiary/aromatic N) is 3. The molecule has 0 spiro atoms. The van der Waals surface area contributed by atoms with Gasteiger partial charge in [-0.15, -0.1) is 0 Å². The zero-order valence-electron chi connectivity index (χ0n) is 21.7. The first-order chi connectivity index (χ1) is 19.4. The molecule has 7 rings (SSSR count). The summed E-state index contributed by atoms with van der Waals surface area (Å²) in [6.45, 7) is 0.417. The van der Waals surface area contributed by atoms with Crippen molar-refractivity contribution in [2.24, 2.45) is 0 Å². The molecule has 40 heavy (non-hydrogen) atoms. The normalized spacial score (nSPS) is 22.3. The van der Waals surface area contributed by atoms with Crippen molar-refractivity contribution in [2.75, 3.05) is 12.0 Å². The summed E-state index contributed by atoms with van der Waals surface area (Å²) in [5.41, 5.74) is 3.74. The van der Waals surface area contributed by atoms with Crippen LogP contribution in [0.5, 0.6) is 0 Å². The Morgan fingerprint density at radius 2 is 1.88 bits per heavy atom. The fourth-order valence-corrected chi connectivity index (χ4v) is 8.58. The highest BCUT2D eigenvalue weighted by Crippen LogP contribution is 2.47. The molecular formula is C29H26BrCl2N3O4S. The molecule has 2 aromatic heterocycles. The van der Waals surface area contributed by atoms with Gasteiger partial charge in [-0.05, 0) is 78.7 Å². The summed E-state index contributed by atoms with van der Waals surface area (Å²) >= 11 is 18.3. The van der Waals surface area contributed by atoms with Crippen molar-refractivity contribution in [3.05, 3.63) is 61.7 Å². The van der Waals surface area contributed by atoms with Gasteiger partial charge < -0.3 is 18.9 Å². The summed E-state index contributed by atoms with van der Waals surface area (Å²) in [6, 6.07) is 9.82. The van der Waals surface area contributed by atoms with E-state index in [0.29, 0.717) is 51.5 Å². The lowest BCUT2D eigenvalue weighted by atomic mass is 10.00. The number of aromatic nitrogens is 2. The molecule has 1 saturated carbocycles. The number of hydrogen-bond donors (Lipinski definition) is 0. The zero-order valence-corrected chi connectivity index (χ0v) is 25.6. The van der Waals surface area contributed by atoms with Crippen LogP contribution in [0, 0.1) is 0 Å². The fraction of sp³-hybridized carbons (Fsp3) is 0.414. The number of rotatable bonds is 7. The highest BCUT2D eigenvalue weighted by molar-refractivity contribution is 9.10. The van der Waals surface area contributed by atoms with Crippen LogP contribution in [0.25, 0.3) is 21.5 Å². The van der Waals surface area contributed by atoms with Crippen LogP contribution in [0.1, 0.15) is 66.1 Å². The number of hydrogen-bond acceptors (Lipinski definition) is 8. The monoisotopic (exact) mass is 661 g/mol. The van der Waals surface area contributed by atoms with E-state index in [1.54, 1.807) is 17.4 Å². The van der Waals surface area contributed by atoms with Crippen molar-refractivity contribution < 1.29 is 18.8 Å². The highest BCUT2D eigenvalue weighted by Gasteiger charge is 2.43. The molecule has 0 radical (unpaired) electrons. The molecule has 3 aliphatic rings. The first kappa shape index (κ1) is 26.7. The predicted octanol–water partition coefficient (Wildman–Crippen LogP) is 8.40. The van der Waals surface area contributed by atoms with Gasteiger partial charge in [-0.1, -0.05) is 45.8 Å². The fourth-order valence-electron chi connectivity index (χ4n) is 6.15. The molecule has 1 aliphatic carbocycles. The van der Waals surface area contributed by atoms with Gasteiger partial charge in [-0.25, -0.2) is 9.78 Å². The second-order valence-electron chi connectivity index (χ2n) is 10.7. The number of anilines is 1. The Labute approximate surface area is 253 Å². The Balaban J connectivity index is 1.10. The smallest absolute Gasteiger partial charge is 0.337 e. The van der Waals surface area contributed by atoms with E-state index in [1.807, 2.05) is 24.3 Å². The van der Waals surface area contributed by atoms with Crippen molar-refractivity contribution in [1.82, 2.24) is 10.1 Å². The quantitative estimate of drug-likeness (QED) is 0.184. The Kier molecular flexibility index (Phi) is 7.07. The first-order valence-electron chi connectivity index (χ1n) is 13.4. The Bertz CT molecular complexity index is 1590. The predicted molar refractivity (Wildman–Crippen MR) is 160 cm³/mol. The number of fused-ring (bicyclic) bond motifs is 3. The minimum atomic E-state index is -0.354. The lowest BCUT2D eigenvalue weighted by molar-refractivity contribution is 0.0147. The van der Waals surface area contributed by atoms with Crippen molar-refractivity contribution in [2.45, 2.75) is 69.2 Å². The second kappa shape index (κ2) is 10.6. The van der Waals surface area contributed by atoms with E-state index >= 15 is 0 Å². The van der Waals surface area contributed by atoms with Gasteiger partial charge in [0.05, 0.1) is 45.6 Å². The minimum Gasteiger partial charge on any atom is -0.465 e. The molecule has 2 aliphatic heterocycles. The Morgan fingerprint density at radius 1 is 1.15 bits per heavy atom. The number of halogens is 3. The van der Waals surface area contributed by atoms with E-state index in [2.05, 4.69) is 26.0 Å². The number of methoxy groups -OCH3 is 1. The molecule has 0 amide bonds. The standard InChI is InChI=1S/C29H26BrCl2N3O4S/c1-37-28(36)15-9-20(30)26-23(10-15)40-29(33-26)35-16-7-8-17(35)12-18(11-16)38-13-19-25(34-39-27(19)14-5-6-14)24-21(31)3-2-4-22(24)32/h2-4,9-10,14,16-18H,5-8,11-13H2,1H3/t16-,17+,18?. The number of ether oxygens (including phenoxy) is 2. The number of carbonyl (C=O) groups is 1. The third-order valence-corrected chi connectivity index (χ3v) is 10.4. The molecule has 7 nitrogen and oxygen atoms in total. The molecule has 0 N–H and O–H groups in total. The molecule has 4 heterocycles. The Morgan fingerprint density at radius 3 is 2.55 bits per heavy atom. The van der Waals surface area contributed by atoms with Crippen LogP contribution >= 0.6 is 50.5 Å². The molecule has 2 bridgehead atoms. The average Bonchev–Trinajstić information content (AvgIpc) is 3.46. The SMILES string of the molecule is COC(=O)c1cc(Br)c2nc(N3[C@@H]4CC[C@H]3CC(OCc3c(-c5c(Cl)cccc5Cl)noc3C3CC3)C4)sc2c1. The average molecular weight is 663 g/mol. The van der Waals surface area contributed by atoms with Crippen molar-refractivity contribution in [3.8, 4) is 11.3 Å². The number of carbonyl (C=O) groups excluding carboxylic acids is 1. The van der Waals surface area contributed by atoms with Crippen LogP contribution in [0.4, 0.5) is 5.13 Å². The Hall–Kier alpha value is -2.17. The molecule has 1 unspecified atom stereocenters. The van der Waals surface area contributed by atoms with Crippen LogP contribution in [0.15, 0.2) is 39.3 Å². The number of thiazole rings is 1. The van der Waals surface area contributed by atoms with E-state index in [1.165, 1.54) is 7.11 Å². The zero-order chi connectivity index (χ0) is 27.5. The van der Waals surface area contributed by atoms with Crippen LogP contribution in [-0.4, -0.2) is 41.4 Å². The van der Waals surface area contributed by atoms with Gasteiger partial charge in [-0.3, -0.25) is 0 Å². The van der Waals surface area contributed by atoms with Crippen molar-refractivity contribution in [1.29, 1.82) is 0 Å². The summed E-state index contributed by atoms with van der Waals surface area (Å²) in [4.78, 5) is 19.5. The van der Waals surface area contributed by atoms with E-state index in [4.69, 9.17) is 42.2 Å². The van der Waals surface area contributed by atoms with Crippen LogP contribution in [0.3, 0.4) is 0 Å². The lowest BCUT2D eigenvalue weighted by Crippen LogP contribution is -2.45. The van der Waals surface area contributed by atoms with Crippen molar-refractivity contribution >= 4 is 71.8 Å². The molecule has 2 saturated heterocycles. The maximum Gasteiger partial charge on any atom is 0.337 e. The summed E-state index contributed by atoms with van der Waals surface area (Å²) in [5.74, 6) is 0.934. The van der Waals surface area contributed by atoms with Crippen LogP contribution < -0.4 is 4.90 Å². The van der Waals surface area contributed by atoms with Gasteiger partial charge in [0, 0.05) is 33.6 Å². The maximum absolute atomic E-state index is 12.1. The summed E-state index contributed by atoms with van der Waals surface area (Å²) in [7, 11) is 1.39. The summed E-state index contributed by atoms with van der Waals surface area (Å²) in [5, 5.41) is 6.51. The van der Waals surface area contributed by atoms with Gasteiger partial charge in [-0.2, -0.15) is 0 Å². The molecule has 3 fully saturated rings. The van der Waals surface area contributed by atoms with E-state index in [9.17, 15) is 4.79 Å². The van der Waals surface area contributed by atoms with Gasteiger partial charge in [0.2, 0.25) is 0 Å². The largest absolute Gasteiger partial charge is 0.465 e. The maximum atomic E-state index is 12.1. The molecule has 2 aromatic carbocycles. The van der Waals surface area contributed by atoms with Crippen molar-refractivity contribution in [3.63, 3.8) is 0 Å². The third kappa shape index (κ3) is 4.73. The minimum absolute atomic E-state index is 0.123. The number of esters is 1. The van der Waals surface area contributed by atoms with E-state index in [0.717, 1.165) is 69.7 Å².